The highest BCUT2D eigenvalue weighted by atomic mass is 35.5. The van der Waals surface area contributed by atoms with E-state index >= 15 is 4.39 Å². The van der Waals surface area contributed by atoms with Crippen molar-refractivity contribution in [2.45, 2.75) is 52.7 Å². The number of hydrogen-bond acceptors (Lipinski definition) is 7. The predicted molar refractivity (Wildman–Crippen MR) is 186 cm³/mol. The van der Waals surface area contributed by atoms with Crippen LogP contribution in [0.25, 0.3) is 22.3 Å². The van der Waals surface area contributed by atoms with Gasteiger partial charge in [-0.2, -0.15) is 5.26 Å². The maximum absolute atomic E-state index is 15.7. The quantitative estimate of drug-likeness (QED) is 0.164. The standard InChI is InChI=1S/C33H31Cl4FN6O3/c1-7-21(45)43-16(5)12-42(13-17(43)6)30-18-10-20(34)28(22-23(35)31(46)25(37)24(36)26(22)38)41-32(18)44(33(47)19(30)11-39)29-15(4)8-9-40-27(29)14(2)3/h7-10,14-17,29,46H,1,12-13H2,2-6H3/t15-,16-,17+,29?/m1/s1. The number of phenolic OH excluding ortho intramolecular Hbond substituents is 1. The Morgan fingerprint density at radius 3 is 2.36 bits per heavy atom. The summed E-state index contributed by atoms with van der Waals surface area (Å²) in [6.07, 6.45) is 4.78. The summed E-state index contributed by atoms with van der Waals surface area (Å²) in [6, 6.07) is 2.32. The summed E-state index contributed by atoms with van der Waals surface area (Å²) in [5.74, 6) is -2.32. The van der Waals surface area contributed by atoms with E-state index in [0.29, 0.717) is 11.1 Å². The Kier molecular flexibility index (Phi) is 9.69. The van der Waals surface area contributed by atoms with Crippen LogP contribution in [-0.4, -0.2) is 56.3 Å². The number of carbonyl (C=O) groups is 1. The van der Waals surface area contributed by atoms with Crippen molar-refractivity contribution in [2.24, 2.45) is 16.8 Å². The molecule has 1 fully saturated rings. The van der Waals surface area contributed by atoms with Gasteiger partial charge in [-0.1, -0.05) is 79.8 Å². The highest BCUT2D eigenvalue weighted by Gasteiger charge is 2.37. The van der Waals surface area contributed by atoms with Gasteiger partial charge in [-0.3, -0.25) is 19.1 Å². The zero-order valence-corrected chi connectivity index (χ0v) is 29.2. The number of aromatic nitrogens is 2. The highest BCUT2D eigenvalue weighted by Crippen LogP contribution is 2.48. The molecule has 5 rings (SSSR count). The second kappa shape index (κ2) is 13.1. The molecule has 4 atom stereocenters. The number of phenols is 1. The molecule has 0 bridgehead atoms. The smallest absolute Gasteiger partial charge is 0.272 e. The zero-order valence-electron chi connectivity index (χ0n) is 26.2. The Morgan fingerprint density at radius 2 is 1.79 bits per heavy atom. The van der Waals surface area contributed by atoms with E-state index < -0.39 is 43.8 Å². The number of aliphatic imine (C=N–C) groups is 1. The topological polar surface area (TPSA) is 115 Å². The molecule has 1 aromatic carbocycles. The van der Waals surface area contributed by atoms with Gasteiger partial charge in [-0.15, -0.1) is 0 Å². The van der Waals surface area contributed by atoms with E-state index in [0.717, 1.165) is 0 Å². The van der Waals surface area contributed by atoms with E-state index in [4.69, 9.17) is 51.4 Å². The van der Waals surface area contributed by atoms with Crippen LogP contribution in [0.1, 0.15) is 46.2 Å². The first-order valence-electron chi connectivity index (χ1n) is 14.8. The van der Waals surface area contributed by atoms with Crippen molar-refractivity contribution < 1.29 is 14.3 Å². The van der Waals surface area contributed by atoms with Gasteiger partial charge in [-0.25, -0.2) is 9.37 Å². The van der Waals surface area contributed by atoms with Crippen LogP contribution in [0.15, 0.2) is 40.8 Å². The number of hydrogen-bond donors (Lipinski definition) is 1. The number of piperazine rings is 1. The summed E-state index contributed by atoms with van der Waals surface area (Å²) in [5, 5.41) is 19.8. The van der Waals surface area contributed by atoms with Gasteiger partial charge in [0.15, 0.2) is 11.6 Å². The van der Waals surface area contributed by atoms with Crippen LogP contribution in [0.5, 0.6) is 5.75 Å². The number of aromatic hydroxyl groups is 1. The summed E-state index contributed by atoms with van der Waals surface area (Å²) in [7, 11) is 0. The van der Waals surface area contributed by atoms with E-state index in [9.17, 15) is 20.0 Å². The Balaban J connectivity index is 1.91. The molecule has 2 aliphatic heterocycles. The second-order valence-electron chi connectivity index (χ2n) is 12.1. The van der Waals surface area contributed by atoms with Crippen molar-refractivity contribution in [1.82, 2.24) is 14.5 Å². The number of allylic oxidation sites excluding steroid dienone is 1. The molecule has 0 radical (unpaired) electrons. The minimum Gasteiger partial charge on any atom is -0.505 e. The first-order chi connectivity index (χ1) is 22.2. The number of halogens is 5. The number of nitriles is 1. The third-order valence-corrected chi connectivity index (χ3v) is 10.1. The monoisotopic (exact) mass is 718 g/mol. The van der Waals surface area contributed by atoms with Crippen molar-refractivity contribution in [3.05, 3.63) is 72.8 Å². The van der Waals surface area contributed by atoms with Gasteiger partial charge in [0, 0.05) is 48.4 Å². The first kappa shape index (κ1) is 34.7. The minimum absolute atomic E-state index is 0.0785. The van der Waals surface area contributed by atoms with Gasteiger partial charge in [0.25, 0.3) is 5.56 Å². The zero-order chi connectivity index (χ0) is 34.6. The molecule has 14 heteroatoms. The number of benzene rings is 1. The molecule has 3 aromatic rings. The normalized spacial score (nSPS) is 21.3. The van der Waals surface area contributed by atoms with E-state index in [1.165, 1.54) is 16.7 Å². The molecule has 9 nitrogen and oxygen atoms in total. The molecule has 1 amide bonds. The Bertz CT molecular complexity index is 1960. The number of pyridine rings is 2. The summed E-state index contributed by atoms with van der Waals surface area (Å²) >= 11 is 25.4. The largest absolute Gasteiger partial charge is 0.505 e. The number of rotatable bonds is 5. The maximum Gasteiger partial charge on any atom is 0.272 e. The summed E-state index contributed by atoms with van der Waals surface area (Å²) in [4.78, 5) is 40.2. The SMILES string of the molecule is C=CC(=O)N1[C@H](C)CN(c2c(C#N)c(=O)n(C3C(C(C)C)=NC=C[C@H]3C)c3nc(-c4c(F)c(Cl)c(Cl)c(O)c4Cl)c(Cl)cc23)C[C@@H]1C. The van der Waals surface area contributed by atoms with Gasteiger partial charge in [-0.05, 0) is 31.9 Å². The molecule has 1 saturated heterocycles. The van der Waals surface area contributed by atoms with Crippen molar-refractivity contribution in [3.63, 3.8) is 0 Å². The fourth-order valence-electron chi connectivity index (χ4n) is 6.60. The molecule has 1 N–H and O–H groups in total. The van der Waals surface area contributed by atoms with Crippen LogP contribution in [0.3, 0.4) is 0 Å². The summed E-state index contributed by atoms with van der Waals surface area (Å²) in [5.41, 5.74) is -0.368. The summed E-state index contributed by atoms with van der Waals surface area (Å²) < 4.78 is 17.1. The number of carbonyl (C=O) groups excluding carboxylic acids is 1. The number of fused-ring (bicyclic) bond motifs is 1. The van der Waals surface area contributed by atoms with Gasteiger partial charge < -0.3 is 14.9 Å². The van der Waals surface area contributed by atoms with E-state index in [1.54, 1.807) is 11.1 Å². The third-order valence-electron chi connectivity index (χ3n) is 8.65. The van der Waals surface area contributed by atoms with E-state index in [1.807, 2.05) is 45.6 Å². The molecule has 2 aromatic heterocycles. The molecule has 1 unspecified atom stereocenters. The average Bonchev–Trinajstić information content (AvgIpc) is 3.02. The van der Waals surface area contributed by atoms with Crippen LogP contribution in [-0.2, 0) is 4.79 Å². The lowest BCUT2D eigenvalue weighted by Gasteiger charge is -2.45. The number of nitrogens with zero attached hydrogens (tertiary/aromatic N) is 6. The van der Waals surface area contributed by atoms with Crippen LogP contribution >= 0.6 is 46.4 Å². The fraction of sp³-hybridized carbons (Fsp3) is 0.364. The lowest BCUT2D eigenvalue weighted by molar-refractivity contribution is -0.130. The van der Waals surface area contributed by atoms with E-state index in [2.05, 4.69) is 17.6 Å². The van der Waals surface area contributed by atoms with Crippen molar-refractivity contribution >= 4 is 74.7 Å². The third kappa shape index (κ3) is 5.67. The second-order valence-corrected chi connectivity index (χ2v) is 13.6. The molecule has 4 heterocycles. The lowest BCUT2D eigenvalue weighted by Crippen LogP contribution is -2.58. The maximum atomic E-state index is 15.7. The van der Waals surface area contributed by atoms with Crippen LogP contribution < -0.4 is 10.5 Å². The van der Waals surface area contributed by atoms with E-state index in [-0.39, 0.29) is 70.5 Å². The molecule has 0 saturated carbocycles. The number of amides is 1. The van der Waals surface area contributed by atoms with Gasteiger partial charge in [0.05, 0.1) is 38.1 Å². The minimum atomic E-state index is -1.07. The molecule has 0 aliphatic carbocycles. The van der Waals surface area contributed by atoms with Gasteiger partial charge in [0.1, 0.15) is 22.3 Å². The van der Waals surface area contributed by atoms with Crippen LogP contribution in [0, 0.1) is 29.0 Å². The van der Waals surface area contributed by atoms with Crippen LogP contribution in [0.2, 0.25) is 20.1 Å². The van der Waals surface area contributed by atoms with Crippen LogP contribution in [0.4, 0.5) is 10.1 Å². The Hall–Kier alpha value is -3.62. The molecular weight excluding hydrogens is 689 g/mol. The number of anilines is 1. The first-order valence-corrected chi connectivity index (χ1v) is 16.3. The fourth-order valence-corrected chi connectivity index (χ4v) is 7.52. The molecule has 246 valence electrons. The van der Waals surface area contributed by atoms with Crippen molar-refractivity contribution in [1.29, 1.82) is 5.26 Å². The van der Waals surface area contributed by atoms with Crippen molar-refractivity contribution in [3.8, 4) is 23.1 Å². The molecule has 47 heavy (non-hydrogen) atoms. The molecule has 0 spiro atoms. The van der Waals surface area contributed by atoms with Crippen molar-refractivity contribution in [2.75, 3.05) is 18.0 Å². The average molecular weight is 720 g/mol. The highest BCUT2D eigenvalue weighted by molar-refractivity contribution is 6.46. The Labute approximate surface area is 291 Å². The predicted octanol–water partition coefficient (Wildman–Crippen LogP) is 7.81. The molecule has 2 aliphatic rings. The Morgan fingerprint density at radius 1 is 1.15 bits per heavy atom. The van der Waals surface area contributed by atoms with Gasteiger partial charge in [0.2, 0.25) is 5.91 Å². The molecular formula is C33H31Cl4FN6O3. The van der Waals surface area contributed by atoms with Gasteiger partial charge >= 0.3 is 0 Å². The lowest BCUT2D eigenvalue weighted by atomic mass is 9.88. The summed E-state index contributed by atoms with van der Waals surface area (Å²) in [6.45, 7) is 13.7.